The van der Waals surface area contributed by atoms with Crippen LogP contribution in [0.5, 0.6) is 0 Å². The van der Waals surface area contributed by atoms with Crippen molar-refractivity contribution in [2.24, 2.45) is 0 Å². The Balaban J connectivity index is 2.57. The van der Waals surface area contributed by atoms with Crippen LogP contribution in [-0.2, 0) is 13.0 Å². The lowest BCUT2D eigenvalue weighted by atomic mass is 10.2. The predicted molar refractivity (Wildman–Crippen MR) is 65.4 cm³/mol. The van der Waals surface area contributed by atoms with E-state index in [1.165, 1.54) is 0 Å². The van der Waals surface area contributed by atoms with Gasteiger partial charge in [-0.3, -0.25) is 0 Å². The van der Waals surface area contributed by atoms with Crippen LogP contribution in [0.1, 0.15) is 32.5 Å². The van der Waals surface area contributed by atoms with E-state index in [0.29, 0.717) is 6.04 Å². The molecule has 16 heavy (non-hydrogen) atoms. The topological polar surface area (TPSA) is 50.1 Å². The molecule has 0 spiro atoms. The predicted octanol–water partition coefficient (Wildman–Crippen LogP) is 1.20. The summed E-state index contributed by atoms with van der Waals surface area (Å²) in [4.78, 5) is 4.35. The fourth-order valence-electron chi connectivity index (χ4n) is 1.90. The molecule has 1 aromatic heterocycles. The average molecular weight is 225 g/mol. The first kappa shape index (κ1) is 13.2. The van der Waals surface area contributed by atoms with Gasteiger partial charge < -0.3 is 15.0 Å². The number of nitrogens with one attached hydrogen (secondary N) is 1. The molecule has 4 nitrogen and oxygen atoms in total. The molecule has 0 aromatic carbocycles. The van der Waals surface area contributed by atoms with E-state index in [9.17, 15) is 0 Å². The van der Waals surface area contributed by atoms with Gasteiger partial charge in [-0.2, -0.15) is 0 Å². The Kier molecular flexibility index (Phi) is 6.11. The smallest absolute Gasteiger partial charge is 0.108 e. The van der Waals surface area contributed by atoms with E-state index < -0.39 is 0 Å². The number of aromatic nitrogens is 2. The van der Waals surface area contributed by atoms with Gasteiger partial charge in [0.05, 0.1) is 0 Å². The second-order valence-corrected chi connectivity index (χ2v) is 4.01. The lowest BCUT2D eigenvalue weighted by Gasteiger charge is -2.18. The van der Waals surface area contributed by atoms with E-state index in [4.69, 9.17) is 5.11 Å². The van der Waals surface area contributed by atoms with Gasteiger partial charge in [-0.15, -0.1) is 0 Å². The van der Waals surface area contributed by atoms with Crippen LogP contribution in [-0.4, -0.2) is 33.9 Å². The molecule has 0 aliphatic carbocycles. The quantitative estimate of drug-likeness (QED) is 0.699. The van der Waals surface area contributed by atoms with Gasteiger partial charge >= 0.3 is 0 Å². The first-order valence-corrected chi connectivity index (χ1v) is 6.16. The number of aliphatic hydroxyl groups excluding tert-OH is 1. The average Bonchev–Trinajstić information content (AvgIpc) is 2.67. The molecular weight excluding hydrogens is 202 g/mol. The van der Waals surface area contributed by atoms with Gasteiger partial charge in [0, 0.05) is 38.0 Å². The zero-order chi connectivity index (χ0) is 11.8. The molecule has 0 aliphatic heterocycles. The maximum absolute atomic E-state index is 9.00. The van der Waals surface area contributed by atoms with Crippen LogP contribution in [0, 0.1) is 0 Å². The summed E-state index contributed by atoms with van der Waals surface area (Å²) in [6.07, 6.45) is 6.80. The molecular formula is C12H23N3O. The number of aryl methyl sites for hydroxylation is 1. The lowest BCUT2D eigenvalue weighted by molar-refractivity contribution is 0.257. The van der Waals surface area contributed by atoms with Crippen LogP contribution in [0.25, 0.3) is 0 Å². The van der Waals surface area contributed by atoms with E-state index in [1.54, 1.807) is 0 Å². The Morgan fingerprint density at radius 2 is 2.31 bits per heavy atom. The van der Waals surface area contributed by atoms with Crippen LogP contribution in [0.3, 0.4) is 0 Å². The maximum Gasteiger partial charge on any atom is 0.108 e. The highest BCUT2D eigenvalue weighted by atomic mass is 16.3. The molecule has 1 heterocycles. The minimum absolute atomic E-state index is 0.232. The van der Waals surface area contributed by atoms with Crippen molar-refractivity contribution in [3.8, 4) is 0 Å². The van der Waals surface area contributed by atoms with Crippen molar-refractivity contribution in [3.05, 3.63) is 18.2 Å². The molecule has 0 radical (unpaired) electrons. The number of rotatable bonds is 8. The first-order chi connectivity index (χ1) is 7.81. The summed E-state index contributed by atoms with van der Waals surface area (Å²) in [5, 5.41) is 12.4. The first-order valence-electron chi connectivity index (χ1n) is 6.16. The van der Waals surface area contributed by atoms with E-state index in [-0.39, 0.29) is 6.61 Å². The Morgan fingerprint density at radius 1 is 1.50 bits per heavy atom. The molecule has 1 unspecified atom stereocenters. The molecule has 0 amide bonds. The molecule has 0 saturated heterocycles. The number of nitrogens with zero attached hydrogens (tertiary/aromatic N) is 2. The SMILES string of the molecule is CCCc1nccn1CC(CCO)NCC. The number of likely N-dealkylation sites (N-methyl/N-ethyl adjacent to an activating group) is 1. The zero-order valence-electron chi connectivity index (χ0n) is 10.3. The molecule has 0 aliphatic rings. The molecule has 0 saturated carbocycles. The van der Waals surface area contributed by atoms with Gasteiger partial charge in [0.1, 0.15) is 5.82 Å². The third-order valence-electron chi connectivity index (χ3n) is 2.66. The fraction of sp³-hybridized carbons (Fsp3) is 0.750. The highest BCUT2D eigenvalue weighted by molar-refractivity contribution is 4.93. The third kappa shape index (κ3) is 3.94. The Bertz CT molecular complexity index is 280. The summed E-state index contributed by atoms with van der Waals surface area (Å²) in [7, 11) is 0. The summed E-state index contributed by atoms with van der Waals surface area (Å²) in [5.74, 6) is 1.14. The second kappa shape index (κ2) is 7.41. The number of hydrogen-bond acceptors (Lipinski definition) is 3. The van der Waals surface area contributed by atoms with E-state index in [2.05, 4.69) is 28.7 Å². The van der Waals surface area contributed by atoms with Crippen molar-refractivity contribution in [2.45, 2.75) is 45.7 Å². The van der Waals surface area contributed by atoms with Gasteiger partial charge in [-0.1, -0.05) is 13.8 Å². The number of hydrogen-bond donors (Lipinski definition) is 2. The van der Waals surface area contributed by atoms with Crippen LogP contribution < -0.4 is 5.32 Å². The second-order valence-electron chi connectivity index (χ2n) is 4.01. The molecule has 4 heteroatoms. The van der Waals surface area contributed by atoms with Crippen LogP contribution in [0.15, 0.2) is 12.4 Å². The molecule has 0 bridgehead atoms. The van der Waals surface area contributed by atoms with Crippen molar-refractivity contribution < 1.29 is 5.11 Å². The van der Waals surface area contributed by atoms with Gasteiger partial charge in [-0.25, -0.2) is 4.98 Å². The fourth-order valence-corrected chi connectivity index (χ4v) is 1.90. The molecule has 1 atom stereocenters. The molecule has 1 rings (SSSR count). The standard InChI is InChI=1S/C12H23N3O/c1-3-5-12-14-7-8-15(12)10-11(6-9-16)13-4-2/h7-8,11,13,16H,3-6,9-10H2,1-2H3. The highest BCUT2D eigenvalue weighted by Crippen LogP contribution is 2.04. The van der Waals surface area contributed by atoms with Crippen LogP contribution >= 0.6 is 0 Å². The monoisotopic (exact) mass is 225 g/mol. The molecule has 1 aromatic rings. The van der Waals surface area contributed by atoms with Crippen molar-refractivity contribution in [2.75, 3.05) is 13.2 Å². The van der Waals surface area contributed by atoms with E-state index in [0.717, 1.165) is 38.2 Å². The number of imidazole rings is 1. The maximum atomic E-state index is 9.00. The molecule has 92 valence electrons. The van der Waals surface area contributed by atoms with Crippen molar-refractivity contribution >= 4 is 0 Å². The number of aliphatic hydroxyl groups is 1. The lowest BCUT2D eigenvalue weighted by Crippen LogP contribution is -2.34. The minimum atomic E-state index is 0.232. The van der Waals surface area contributed by atoms with Gasteiger partial charge in [0.15, 0.2) is 0 Å². The highest BCUT2D eigenvalue weighted by Gasteiger charge is 2.09. The van der Waals surface area contributed by atoms with Gasteiger partial charge in [0.2, 0.25) is 0 Å². The normalized spacial score (nSPS) is 12.9. The van der Waals surface area contributed by atoms with Crippen molar-refractivity contribution in [1.82, 2.24) is 14.9 Å². The summed E-state index contributed by atoms with van der Waals surface area (Å²) in [5.41, 5.74) is 0. The van der Waals surface area contributed by atoms with Crippen LogP contribution in [0.2, 0.25) is 0 Å². The third-order valence-corrected chi connectivity index (χ3v) is 2.66. The summed E-state index contributed by atoms with van der Waals surface area (Å²) in [6, 6.07) is 0.333. The van der Waals surface area contributed by atoms with E-state index in [1.807, 2.05) is 12.4 Å². The largest absolute Gasteiger partial charge is 0.396 e. The summed E-state index contributed by atoms with van der Waals surface area (Å²) in [6.45, 7) is 6.31. The van der Waals surface area contributed by atoms with Gasteiger partial charge in [-0.05, 0) is 19.4 Å². The Morgan fingerprint density at radius 3 is 2.94 bits per heavy atom. The zero-order valence-corrected chi connectivity index (χ0v) is 10.3. The Labute approximate surface area is 97.7 Å². The summed E-state index contributed by atoms with van der Waals surface area (Å²) < 4.78 is 2.19. The van der Waals surface area contributed by atoms with Crippen molar-refractivity contribution in [1.29, 1.82) is 0 Å². The van der Waals surface area contributed by atoms with Gasteiger partial charge in [0.25, 0.3) is 0 Å². The van der Waals surface area contributed by atoms with Crippen LogP contribution in [0.4, 0.5) is 0 Å². The minimum Gasteiger partial charge on any atom is -0.396 e. The summed E-state index contributed by atoms with van der Waals surface area (Å²) >= 11 is 0. The van der Waals surface area contributed by atoms with E-state index >= 15 is 0 Å². The molecule has 0 fully saturated rings. The Hall–Kier alpha value is -0.870. The molecule has 2 N–H and O–H groups in total. The van der Waals surface area contributed by atoms with Crippen molar-refractivity contribution in [3.63, 3.8) is 0 Å².